The largest absolute Gasteiger partial charge is 0.305 e. The van der Waals surface area contributed by atoms with Crippen molar-refractivity contribution >= 4 is 17.4 Å². The van der Waals surface area contributed by atoms with E-state index in [1.165, 1.54) is 0 Å². The van der Waals surface area contributed by atoms with Gasteiger partial charge in [-0.3, -0.25) is 9.69 Å². The Balaban J connectivity index is 1.92. The van der Waals surface area contributed by atoms with Gasteiger partial charge >= 0.3 is 0 Å². The lowest BCUT2D eigenvalue weighted by atomic mass is 10.1. The van der Waals surface area contributed by atoms with Crippen LogP contribution in [0.1, 0.15) is 16.8 Å². The number of benzene rings is 1. The minimum atomic E-state index is 0.177. The quantitative estimate of drug-likeness (QED) is 0.784. The average Bonchev–Trinajstić information content (AvgIpc) is 2.55. The fourth-order valence-corrected chi connectivity index (χ4v) is 2.31. The molecular weight excluding hydrogens is 248 g/mol. The van der Waals surface area contributed by atoms with Gasteiger partial charge in [0.05, 0.1) is 6.54 Å². The van der Waals surface area contributed by atoms with Crippen molar-refractivity contribution in [1.29, 1.82) is 0 Å². The van der Waals surface area contributed by atoms with E-state index >= 15 is 0 Å². The van der Waals surface area contributed by atoms with Crippen molar-refractivity contribution in [3.05, 3.63) is 34.9 Å². The second kappa shape index (κ2) is 6.32. The zero-order valence-electron chi connectivity index (χ0n) is 10.7. The molecule has 4 heteroatoms. The molecule has 18 heavy (non-hydrogen) atoms. The number of carbonyl (C=O) groups excluding carboxylic acids is 1. The van der Waals surface area contributed by atoms with Crippen LogP contribution in [0, 0.1) is 0 Å². The maximum atomic E-state index is 12.1. The highest BCUT2D eigenvalue weighted by Gasteiger charge is 2.15. The Morgan fingerprint density at radius 2 is 1.89 bits per heavy atom. The van der Waals surface area contributed by atoms with Crippen molar-refractivity contribution < 1.29 is 4.79 Å². The molecular formula is C14H19ClN2O. The van der Waals surface area contributed by atoms with E-state index in [0.717, 1.165) is 38.2 Å². The number of halogens is 1. The van der Waals surface area contributed by atoms with E-state index in [4.69, 9.17) is 11.6 Å². The third-order valence-corrected chi connectivity index (χ3v) is 3.60. The van der Waals surface area contributed by atoms with Gasteiger partial charge in [0.1, 0.15) is 0 Å². The number of hydrogen-bond donors (Lipinski definition) is 0. The van der Waals surface area contributed by atoms with Gasteiger partial charge in [-0.05, 0) is 50.8 Å². The number of ketones is 1. The van der Waals surface area contributed by atoms with E-state index in [-0.39, 0.29) is 5.78 Å². The van der Waals surface area contributed by atoms with Crippen molar-refractivity contribution in [3.63, 3.8) is 0 Å². The zero-order chi connectivity index (χ0) is 13.0. The molecule has 2 rings (SSSR count). The molecule has 1 heterocycles. The van der Waals surface area contributed by atoms with Crippen LogP contribution < -0.4 is 0 Å². The van der Waals surface area contributed by atoms with Crippen molar-refractivity contribution in [1.82, 2.24) is 9.80 Å². The molecule has 1 fully saturated rings. The van der Waals surface area contributed by atoms with E-state index in [1.54, 1.807) is 24.3 Å². The molecule has 0 aliphatic carbocycles. The van der Waals surface area contributed by atoms with Gasteiger partial charge in [-0.15, -0.1) is 0 Å². The van der Waals surface area contributed by atoms with Crippen LogP contribution in [0.4, 0.5) is 0 Å². The molecule has 0 saturated carbocycles. The fourth-order valence-electron chi connectivity index (χ4n) is 2.19. The van der Waals surface area contributed by atoms with E-state index in [2.05, 4.69) is 16.8 Å². The third-order valence-electron chi connectivity index (χ3n) is 3.35. The Labute approximate surface area is 113 Å². The molecule has 0 atom stereocenters. The molecule has 98 valence electrons. The fraction of sp³-hybridized carbons (Fsp3) is 0.500. The Bertz CT molecular complexity index is 405. The summed E-state index contributed by atoms with van der Waals surface area (Å²) in [6, 6.07) is 7.14. The van der Waals surface area contributed by atoms with Crippen LogP contribution in [0.5, 0.6) is 0 Å². The van der Waals surface area contributed by atoms with Crippen LogP contribution in [-0.2, 0) is 0 Å². The summed E-state index contributed by atoms with van der Waals surface area (Å²) in [6.45, 7) is 4.63. The number of Topliss-reactive ketones (excluding diaryl/α,β-unsaturated/α-hetero) is 1. The Hall–Kier alpha value is -0.900. The lowest BCUT2D eigenvalue weighted by molar-refractivity contribution is 0.0933. The molecule has 0 amide bonds. The van der Waals surface area contributed by atoms with Gasteiger partial charge < -0.3 is 4.90 Å². The van der Waals surface area contributed by atoms with Gasteiger partial charge in [-0.1, -0.05) is 11.6 Å². The maximum Gasteiger partial charge on any atom is 0.176 e. The SMILES string of the molecule is CN1CCCN(CC(=O)c2ccc(Cl)cc2)CC1. The molecule has 1 saturated heterocycles. The Morgan fingerprint density at radius 1 is 1.17 bits per heavy atom. The molecule has 0 spiro atoms. The number of carbonyl (C=O) groups is 1. The van der Waals surface area contributed by atoms with E-state index < -0.39 is 0 Å². The van der Waals surface area contributed by atoms with Gasteiger partial charge in [0.25, 0.3) is 0 Å². The monoisotopic (exact) mass is 266 g/mol. The van der Waals surface area contributed by atoms with Crippen molar-refractivity contribution in [2.45, 2.75) is 6.42 Å². The standard InChI is InChI=1S/C14H19ClN2O/c1-16-7-2-8-17(10-9-16)11-14(18)12-3-5-13(15)6-4-12/h3-6H,2,7-11H2,1H3. The first kappa shape index (κ1) is 13.5. The van der Waals surface area contributed by atoms with Gasteiger partial charge in [0, 0.05) is 23.7 Å². The van der Waals surface area contributed by atoms with Crippen molar-refractivity contribution in [2.75, 3.05) is 39.8 Å². The van der Waals surface area contributed by atoms with Crippen LogP contribution in [-0.4, -0.2) is 55.4 Å². The van der Waals surface area contributed by atoms with Gasteiger partial charge in [-0.2, -0.15) is 0 Å². The molecule has 1 aromatic carbocycles. The lowest BCUT2D eigenvalue weighted by Crippen LogP contribution is -2.33. The first-order valence-electron chi connectivity index (χ1n) is 6.35. The van der Waals surface area contributed by atoms with Gasteiger partial charge in [0.2, 0.25) is 0 Å². The number of likely N-dealkylation sites (N-methyl/N-ethyl adjacent to an activating group) is 1. The molecule has 1 aliphatic rings. The number of nitrogens with zero attached hydrogens (tertiary/aromatic N) is 2. The smallest absolute Gasteiger partial charge is 0.176 e. The molecule has 0 bridgehead atoms. The molecule has 0 unspecified atom stereocenters. The van der Waals surface area contributed by atoms with E-state index in [9.17, 15) is 4.79 Å². The summed E-state index contributed by atoms with van der Waals surface area (Å²) in [5.74, 6) is 0.177. The van der Waals surface area contributed by atoms with Crippen LogP contribution in [0.3, 0.4) is 0 Å². The van der Waals surface area contributed by atoms with Crippen molar-refractivity contribution in [2.24, 2.45) is 0 Å². The average molecular weight is 267 g/mol. The van der Waals surface area contributed by atoms with E-state index in [1.807, 2.05) is 0 Å². The van der Waals surface area contributed by atoms with Crippen LogP contribution in [0.2, 0.25) is 5.02 Å². The summed E-state index contributed by atoms with van der Waals surface area (Å²) in [6.07, 6.45) is 1.13. The normalized spacial score (nSPS) is 18.6. The van der Waals surface area contributed by atoms with Crippen LogP contribution in [0.15, 0.2) is 24.3 Å². The first-order valence-corrected chi connectivity index (χ1v) is 6.72. The summed E-state index contributed by atoms with van der Waals surface area (Å²) in [5, 5.41) is 0.669. The number of hydrogen-bond acceptors (Lipinski definition) is 3. The highest BCUT2D eigenvalue weighted by molar-refractivity contribution is 6.30. The highest BCUT2D eigenvalue weighted by Crippen LogP contribution is 2.11. The summed E-state index contributed by atoms with van der Waals surface area (Å²) in [5.41, 5.74) is 0.747. The van der Waals surface area contributed by atoms with Gasteiger partial charge in [-0.25, -0.2) is 0 Å². The minimum Gasteiger partial charge on any atom is -0.305 e. The second-order valence-corrected chi connectivity index (χ2v) is 5.30. The van der Waals surface area contributed by atoms with Crippen LogP contribution in [0.25, 0.3) is 0 Å². The van der Waals surface area contributed by atoms with E-state index in [0.29, 0.717) is 11.6 Å². The van der Waals surface area contributed by atoms with Crippen molar-refractivity contribution in [3.8, 4) is 0 Å². The summed E-state index contributed by atoms with van der Waals surface area (Å²) in [7, 11) is 2.13. The Morgan fingerprint density at radius 3 is 2.61 bits per heavy atom. The molecule has 0 N–H and O–H groups in total. The predicted octanol–water partition coefficient (Wildman–Crippen LogP) is 2.16. The third kappa shape index (κ3) is 3.80. The lowest BCUT2D eigenvalue weighted by Gasteiger charge is -2.19. The summed E-state index contributed by atoms with van der Waals surface area (Å²) in [4.78, 5) is 16.7. The molecule has 0 radical (unpaired) electrons. The highest BCUT2D eigenvalue weighted by atomic mass is 35.5. The second-order valence-electron chi connectivity index (χ2n) is 4.86. The zero-order valence-corrected chi connectivity index (χ0v) is 11.5. The van der Waals surface area contributed by atoms with Gasteiger partial charge in [0.15, 0.2) is 5.78 Å². The summed E-state index contributed by atoms with van der Waals surface area (Å²) >= 11 is 5.82. The first-order chi connectivity index (χ1) is 8.65. The number of rotatable bonds is 3. The maximum absolute atomic E-state index is 12.1. The molecule has 1 aliphatic heterocycles. The molecule has 1 aromatic rings. The Kier molecular flexibility index (Phi) is 4.75. The van der Waals surface area contributed by atoms with Crippen LogP contribution >= 0.6 is 11.6 Å². The topological polar surface area (TPSA) is 23.6 Å². The molecule has 3 nitrogen and oxygen atoms in total. The summed E-state index contributed by atoms with van der Waals surface area (Å²) < 4.78 is 0. The molecule has 0 aromatic heterocycles. The predicted molar refractivity (Wildman–Crippen MR) is 74.3 cm³/mol. The minimum absolute atomic E-state index is 0.177.